The highest BCUT2D eigenvalue weighted by Gasteiger charge is 2.27. The third-order valence-corrected chi connectivity index (χ3v) is 4.23. The lowest BCUT2D eigenvalue weighted by atomic mass is 9.91. The van der Waals surface area contributed by atoms with E-state index in [0.717, 1.165) is 30.1 Å². The molecule has 0 radical (unpaired) electrons. The molecule has 2 aromatic heterocycles. The van der Waals surface area contributed by atoms with E-state index in [1.807, 2.05) is 24.8 Å². The van der Waals surface area contributed by atoms with Crippen LogP contribution >= 0.6 is 0 Å². The smallest absolute Gasteiger partial charge is 0.257 e. The van der Waals surface area contributed by atoms with Crippen LogP contribution in [0, 0.1) is 25.7 Å². The molecule has 0 saturated carbocycles. The van der Waals surface area contributed by atoms with Crippen LogP contribution in [0.4, 0.5) is 0 Å². The van der Waals surface area contributed by atoms with Crippen molar-refractivity contribution in [3.8, 4) is 0 Å². The molecule has 0 bridgehead atoms. The summed E-state index contributed by atoms with van der Waals surface area (Å²) in [5.41, 5.74) is 3.23. The number of rotatable bonds is 1. The van der Waals surface area contributed by atoms with Gasteiger partial charge in [0.2, 0.25) is 0 Å². The second-order valence-electron chi connectivity index (χ2n) is 6.47. The molecular weight excluding hydrogens is 264 g/mol. The number of likely N-dealkylation sites (tertiary alicyclic amines) is 1. The number of piperidine rings is 1. The van der Waals surface area contributed by atoms with Gasteiger partial charge in [0.05, 0.1) is 17.0 Å². The Bertz CT molecular complexity index is 681. The van der Waals surface area contributed by atoms with Gasteiger partial charge in [-0.3, -0.25) is 4.79 Å². The van der Waals surface area contributed by atoms with E-state index in [9.17, 15) is 4.79 Å². The predicted molar refractivity (Wildman–Crippen MR) is 81.3 cm³/mol. The van der Waals surface area contributed by atoms with Crippen LogP contribution < -0.4 is 0 Å². The first-order valence-electron chi connectivity index (χ1n) is 7.57. The molecule has 0 aromatic carbocycles. The van der Waals surface area contributed by atoms with Gasteiger partial charge in [-0.2, -0.15) is 5.10 Å². The van der Waals surface area contributed by atoms with Gasteiger partial charge >= 0.3 is 0 Å². The van der Waals surface area contributed by atoms with Crippen molar-refractivity contribution in [3.63, 3.8) is 0 Å². The van der Waals surface area contributed by atoms with E-state index in [1.165, 1.54) is 6.42 Å². The minimum absolute atomic E-state index is 0.0773. The predicted octanol–water partition coefficient (Wildman–Crippen LogP) is 2.46. The number of carbonyl (C=O) groups is 1. The van der Waals surface area contributed by atoms with Crippen molar-refractivity contribution in [2.45, 2.75) is 34.1 Å². The Hall–Kier alpha value is -1.91. The van der Waals surface area contributed by atoms with Crippen molar-refractivity contribution in [2.24, 2.45) is 11.8 Å². The molecule has 5 nitrogen and oxygen atoms in total. The maximum atomic E-state index is 12.8. The van der Waals surface area contributed by atoms with E-state index >= 15 is 0 Å². The summed E-state index contributed by atoms with van der Waals surface area (Å²) in [4.78, 5) is 19.1. The lowest BCUT2D eigenvalue weighted by Gasteiger charge is -2.35. The van der Waals surface area contributed by atoms with Crippen molar-refractivity contribution in [3.05, 3.63) is 29.2 Å². The Morgan fingerprint density at radius 3 is 2.57 bits per heavy atom. The van der Waals surface area contributed by atoms with E-state index in [1.54, 1.807) is 10.7 Å². The van der Waals surface area contributed by atoms with Crippen LogP contribution in [0.15, 0.2) is 12.3 Å². The molecular formula is C16H22N4O. The molecule has 0 aliphatic carbocycles. The SMILES string of the molecule is Cc1cc2ncc(C(=O)N3C[C@H](C)C[C@@H](C)C3)c(C)n2n1. The topological polar surface area (TPSA) is 50.5 Å². The zero-order chi connectivity index (χ0) is 15.1. The first-order chi connectivity index (χ1) is 9.95. The number of fused-ring (bicyclic) bond motifs is 1. The molecule has 1 aliphatic heterocycles. The standard InChI is InChI=1S/C16H22N4O/c1-10-5-11(2)9-19(8-10)16(21)14-7-17-15-6-12(3)18-20(15)13(14)4/h6-7,10-11H,5,8-9H2,1-4H3/t10-,11-/m1/s1. The van der Waals surface area contributed by atoms with Gasteiger partial charge < -0.3 is 4.90 Å². The molecule has 1 aliphatic rings. The van der Waals surface area contributed by atoms with Crippen molar-refractivity contribution >= 4 is 11.6 Å². The summed E-state index contributed by atoms with van der Waals surface area (Å²) in [7, 11) is 0. The lowest BCUT2D eigenvalue weighted by molar-refractivity contribution is 0.0621. The highest BCUT2D eigenvalue weighted by molar-refractivity contribution is 5.95. The monoisotopic (exact) mass is 286 g/mol. The van der Waals surface area contributed by atoms with Gasteiger partial charge in [-0.1, -0.05) is 13.8 Å². The Balaban J connectivity index is 1.96. The van der Waals surface area contributed by atoms with Crippen LogP contribution in [0.25, 0.3) is 5.65 Å². The molecule has 2 atom stereocenters. The Kier molecular flexibility index (Phi) is 3.43. The maximum Gasteiger partial charge on any atom is 0.257 e. The van der Waals surface area contributed by atoms with E-state index in [2.05, 4.69) is 23.9 Å². The van der Waals surface area contributed by atoms with Crippen LogP contribution in [0.3, 0.4) is 0 Å². The van der Waals surface area contributed by atoms with Crippen LogP contribution in [-0.4, -0.2) is 38.5 Å². The largest absolute Gasteiger partial charge is 0.338 e. The highest BCUT2D eigenvalue weighted by Crippen LogP contribution is 2.23. The maximum absolute atomic E-state index is 12.8. The summed E-state index contributed by atoms with van der Waals surface area (Å²) in [6, 6.07) is 1.92. The average Bonchev–Trinajstić information content (AvgIpc) is 2.79. The summed E-state index contributed by atoms with van der Waals surface area (Å²) in [5.74, 6) is 1.19. The Morgan fingerprint density at radius 2 is 1.90 bits per heavy atom. The quantitative estimate of drug-likeness (QED) is 0.809. The molecule has 3 heterocycles. The number of hydrogen-bond acceptors (Lipinski definition) is 3. The summed E-state index contributed by atoms with van der Waals surface area (Å²) >= 11 is 0. The van der Waals surface area contributed by atoms with Gasteiger partial charge in [0.1, 0.15) is 0 Å². The van der Waals surface area contributed by atoms with Crippen LogP contribution in [-0.2, 0) is 0 Å². The van der Waals surface area contributed by atoms with Gasteiger partial charge in [-0.15, -0.1) is 0 Å². The van der Waals surface area contributed by atoms with Gasteiger partial charge in [-0.05, 0) is 32.1 Å². The molecule has 1 fully saturated rings. The summed E-state index contributed by atoms with van der Waals surface area (Å²) in [6.45, 7) is 9.95. The number of nitrogens with zero attached hydrogens (tertiary/aromatic N) is 4. The van der Waals surface area contributed by atoms with Gasteiger partial charge in [0.25, 0.3) is 5.91 Å². The molecule has 1 saturated heterocycles. The molecule has 21 heavy (non-hydrogen) atoms. The first kappa shape index (κ1) is 14.0. The second kappa shape index (κ2) is 5.13. The highest BCUT2D eigenvalue weighted by atomic mass is 16.2. The molecule has 3 rings (SSSR count). The third kappa shape index (κ3) is 2.52. The van der Waals surface area contributed by atoms with Gasteiger partial charge in [-0.25, -0.2) is 9.50 Å². The van der Waals surface area contributed by atoms with Crippen LogP contribution in [0.2, 0.25) is 0 Å². The van der Waals surface area contributed by atoms with E-state index in [0.29, 0.717) is 17.4 Å². The molecule has 2 aromatic rings. The number of amides is 1. The number of hydrogen-bond donors (Lipinski definition) is 0. The van der Waals surface area contributed by atoms with Crippen LogP contribution in [0.1, 0.15) is 42.0 Å². The molecule has 1 amide bonds. The van der Waals surface area contributed by atoms with Gasteiger partial charge in [0, 0.05) is 25.4 Å². The second-order valence-corrected chi connectivity index (χ2v) is 6.47. The minimum atomic E-state index is 0.0773. The van der Waals surface area contributed by atoms with Crippen molar-refractivity contribution in [1.29, 1.82) is 0 Å². The minimum Gasteiger partial charge on any atom is -0.338 e. The number of carbonyl (C=O) groups excluding carboxylic acids is 1. The Labute approximate surface area is 125 Å². The molecule has 0 spiro atoms. The first-order valence-corrected chi connectivity index (χ1v) is 7.57. The summed E-state index contributed by atoms with van der Waals surface area (Å²) < 4.78 is 1.76. The molecule has 0 unspecified atom stereocenters. The zero-order valence-corrected chi connectivity index (χ0v) is 13.1. The molecule has 5 heteroatoms. The van der Waals surface area contributed by atoms with Gasteiger partial charge in [0.15, 0.2) is 5.65 Å². The van der Waals surface area contributed by atoms with E-state index < -0.39 is 0 Å². The number of aryl methyl sites for hydroxylation is 2. The van der Waals surface area contributed by atoms with Crippen LogP contribution in [0.5, 0.6) is 0 Å². The molecule has 0 N–H and O–H groups in total. The fourth-order valence-electron chi connectivity index (χ4n) is 3.37. The third-order valence-electron chi connectivity index (χ3n) is 4.23. The summed E-state index contributed by atoms with van der Waals surface area (Å²) in [6.07, 6.45) is 2.89. The van der Waals surface area contributed by atoms with E-state index in [4.69, 9.17) is 0 Å². The average molecular weight is 286 g/mol. The fourth-order valence-corrected chi connectivity index (χ4v) is 3.37. The lowest BCUT2D eigenvalue weighted by Crippen LogP contribution is -2.43. The van der Waals surface area contributed by atoms with Crippen molar-refractivity contribution in [1.82, 2.24) is 19.5 Å². The summed E-state index contributed by atoms with van der Waals surface area (Å²) in [5, 5.41) is 4.41. The molecule has 112 valence electrons. The Morgan fingerprint density at radius 1 is 1.24 bits per heavy atom. The fraction of sp³-hybridized carbons (Fsp3) is 0.562. The zero-order valence-electron chi connectivity index (χ0n) is 13.1. The van der Waals surface area contributed by atoms with E-state index in [-0.39, 0.29) is 5.91 Å². The number of aromatic nitrogens is 3. The normalized spacial score (nSPS) is 22.8. The van der Waals surface area contributed by atoms with Crippen molar-refractivity contribution in [2.75, 3.05) is 13.1 Å². The van der Waals surface area contributed by atoms with Crippen molar-refractivity contribution < 1.29 is 4.79 Å².